The Morgan fingerprint density at radius 1 is 0.938 bits per heavy atom. The smallest absolute Gasteiger partial charge is 0.237 e. The molecule has 3 rings (SSSR count). The molecule has 0 unspecified atom stereocenters. The number of carbonyl (C=O) groups excluding carboxylic acids is 1. The summed E-state index contributed by atoms with van der Waals surface area (Å²) in [6.45, 7) is 7.20. The number of carbonyl (C=O) groups is 1. The van der Waals surface area contributed by atoms with Crippen molar-refractivity contribution in [1.29, 1.82) is 0 Å². The fourth-order valence-corrected chi connectivity index (χ4v) is 3.95. The molecule has 170 valence electrons. The quantitative estimate of drug-likeness (QED) is 0.332. The summed E-state index contributed by atoms with van der Waals surface area (Å²) in [5.74, 6) is 1.80. The minimum Gasteiger partial charge on any atom is -0.464 e. The molecule has 0 N–H and O–H groups in total. The third-order valence-corrected chi connectivity index (χ3v) is 5.73. The van der Waals surface area contributed by atoms with E-state index in [0.29, 0.717) is 26.2 Å². The Hall–Kier alpha value is -2.56. The molecule has 0 aliphatic heterocycles. The topological polar surface area (TPSA) is 36.7 Å². The van der Waals surface area contributed by atoms with Crippen molar-refractivity contribution in [3.63, 3.8) is 0 Å². The van der Waals surface area contributed by atoms with E-state index in [1.54, 1.807) is 0 Å². The molecule has 3 aromatic rings. The average molecular weight is 453 g/mol. The summed E-state index contributed by atoms with van der Waals surface area (Å²) < 4.78 is 5.77. The van der Waals surface area contributed by atoms with Crippen LogP contribution in [0.5, 0.6) is 0 Å². The second-order valence-electron chi connectivity index (χ2n) is 8.26. The number of amides is 1. The van der Waals surface area contributed by atoms with Gasteiger partial charge in [0.15, 0.2) is 0 Å². The first kappa shape index (κ1) is 24.1. The number of hydrogen-bond donors (Lipinski definition) is 0. The van der Waals surface area contributed by atoms with Gasteiger partial charge in [0.1, 0.15) is 11.5 Å². The predicted octanol–water partition coefficient (Wildman–Crippen LogP) is 6.12. The van der Waals surface area contributed by atoms with Gasteiger partial charge >= 0.3 is 0 Å². The zero-order chi connectivity index (χ0) is 22.8. The van der Waals surface area contributed by atoms with Gasteiger partial charge in [-0.3, -0.25) is 9.69 Å². The molecule has 0 saturated heterocycles. The third-order valence-electron chi connectivity index (χ3n) is 5.49. The van der Waals surface area contributed by atoms with Crippen LogP contribution in [-0.4, -0.2) is 35.3 Å². The van der Waals surface area contributed by atoms with Crippen LogP contribution in [0.3, 0.4) is 0 Å². The van der Waals surface area contributed by atoms with Gasteiger partial charge in [-0.15, -0.1) is 0 Å². The number of furan rings is 1. The first-order valence-electron chi connectivity index (χ1n) is 11.4. The third kappa shape index (κ3) is 7.85. The van der Waals surface area contributed by atoms with Crippen LogP contribution in [0.4, 0.5) is 0 Å². The summed E-state index contributed by atoms with van der Waals surface area (Å²) in [5, 5.41) is 0.724. The molecule has 0 spiro atoms. The zero-order valence-electron chi connectivity index (χ0n) is 19.1. The predicted molar refractivity (Wildman–Crippen MR) is 131 cm³/mol. The highest BCUT2D eigenvalue weighted by Gasteiger charge is 2.19. The minimum absolute atomic E-state index is 0.119. The van der Waals surface area contributed by atoms with Crippen molar-refractivity contribution in [2.45, 2.75) is 46.2 Å². The van der Waals surface area contributed by atoms with Crippen molar-refractivity contribution in [2.75, 3.05) is 19.6 Å². The first-order valence-corrected chi connectivity index (χ1v) is 11.7. The number of halogens is 1. The summed E-state index contributed by atoms with van der Waals surface area (Å²) in [7, 11) is 0. The monoisotopic (exact) mass is 452 g/mol. The molecule has 0 aliphatic carbocycles. The zero-order valence-corrected chi connectivity index (χ0v) is 19.9. The molecule has 32 heavy (non-hydrogen) atoms. The summed E-state index contributed by atoms with van der Waals surface area (Å²) in [4.78, 5) is 17.6. The van der Waals surface area contributed by atoms with Crippen LogP contribution in [0.2, 0.25) is 5.02 Å². The standard InChI is InChI=1S/C27H33ClN2O2/c1-3-4-16-29(19-24-11-8-12-25(28)18-24)21-27(31)30(20-26-14-13-22(2)32-26)17-15-23-9-6-5-7-10-23/h5-14,18H,3-4,15-17,19-21H2,1-2H3. The summed E-state index contributed by atoms with van der Waals surface area (Å²) in [6.07, 6.45) is 2.95. The number of nitrogens with zero attached hydrogens (tertiary/aromatic N) is 2. The Morgan fingerprint density at radius 2 is 1.72 bits per heavy atom. The van der Waals surface area contributed by atoms with E-state index in [1.165, 1.54) is 5.56 Å². The fourth-order valence-electron chi connectivity index (χ4n) is 3.74. The van der Waals surface area contributed by atoms with Crippen LogP contribution in [0.1, 0.15) is 42.4 Å². The SMILES string of the molecule is CCCCN(CC(=O)N(CCc1ccccc1)Cc1ccc(C)o1)Cc1cccc(Cl)c1. The number of benzene rings is 2. The molecule has 4 nitrogen and oxygen atoms in total. The maximum atomic E-state index is 13.4. The van der Waals surface area contributed by atoms with E-state index in [2.05, 4.69) is 30.0 Å². The van der Waals surface area contributed by atoms with Crippen LogP contribution >= 0.6 is 11.6 Å². The normalized spacial score (nSPS) is 11.1. The van der Waals surface area contributed by atoms with Gasteiger partial charge in [0.25, 0.3) is 0 Å². The van der Waals surface area contributed by atoms with E-state index < -0.39 is 0 Å². The van der Waals surface area contributed by atoms with Crippen molar-refractivity contribution in [3.8, 4) is 0 Å². The Balaban J connectivity index is 1.70. The van der Waals surface area contributed by atoms with Gasteiger partial charge in [-0.25, -0.2) is 0 Å². The number of aryl methyl sites for hydroxylation is 1. The highest BCUT2D eigenvalue weighted by atomic mass is 35.5. The molecule has 2 aromatic carbocycles. The van der Waals surface area contributed by atoms with Crippen LogP contribution in [0.25, 0.3) is 0 Å². The highest BCUT2D eigenvalue weighted by molar-refractivity contribution is 6.30. The molecule has 0 aliphatic rings. The first-order chi connectivity index (χ1) is 15.5. The van der Waals surface area contributed by atoms with E-state index in [-0.39, 0.29) is 5.91 Å². The summed E-state index contributed by atoms with van der Waals surface area (Å²) in [5.41, 5.74) is 2.35. The Bertz CT molecular complexity index is 971. The van der Waals surface area contributed by atoms with Crippen LogP contribution in [-0.2, 0) is 24.3 Å². The fraction of sp³-hybridized carbons (Fsp3) is 0.370. The molecule has 0 saturated carbocycles. The van der Waals surface area contributed by atoms with E-state index in [0.717, 1.165) is 47.9 Å². The molecule has 1 heterocycles. The largest absolute Gasteiger partial charge is 0.464 e. The van der Waals surface area contributed by atoms with E-state index in [4.69, 9.17) is 16.0 Å². The van der Waals surface area contributed by atoms with Crippen molar-refractivity contribution >= 4 is 17.5 Å². The second kappa shape index (κ2) is 12.5. The van der Waals surface area contributed by atoms with Crippen LogP contribution in [0.15, 0.2) is 71.1 Å². The lowest BCUT2D eigenvalue weighted by Crippen LogP contribution is -2.41. The summed E-state index contributed by atoms with van der Waals surface area (Å²) >= 11 is 6.18. The van der Waals surface area contributed by atoms with Gasteiger partial charge in [-0.1, -0.05) is 67.4 Å². The number of rotatable bonds is 12. The highest BCUT2D eigenvalue weighted by Crippen LogP contribution is 2.15. The molecule has 1 aromatic heterocycles. The lowest BCUT2D eigenvalue weighted by Gasteiger charge is -2.27. The lowest BCUT2D eigenvalue weighted by molar-refractivity contribution is -0.133. The number of unbranched alkanes of at least 4 members (excludes halogenated alkanes) is 1. The molecule has 1 amide bonds. The van der Waals surface area contributed by atoms with E-state index in [9.17, 15) is 4.79 Å². The summed E-state index contributed by atoms with van der Waals surface area (Å²) in [6, 6.07) is 22.1. The van der Waals surface area contributed by atoms with Crippen molar-refractivity contribution in [3.05, 3.63) is 94.4 Å². The molecular formula is C27H33ClN2O2. The lowest BCUT2D eigenvalue weighted by atomic mass is 10.1. The van der Waals surface area contributed by atoms with Gasteiger partial charge in [0.2, 0.25) is 5.91 Å². The maximum absolute atomic E-state index is 13.4. The molecule has 0 bridgehead atoms. The average Bonchev–Trinajstić information content (AvgIpc) is 3.20. The van der Waals surface area contributed by atoms with Crippen molar-refractivity contribution < 1.29 is 9.21 Å². The van der Waals surface area contributed by atoms with Crippen molar-refractivity contribution in [1.82, 2.24) is 9.80 Å². The molecule has 0 atom stereocenters. The minimum atomic E-state index is 0.119. The molecular weight excluding hydrogens is 420 g/mol. The molecule has 0 radical (unpaired) electrons. The Kier molecular flexibility index (Phi) is 9.39. The van der Waals surface area contributed by atoms with Gasteiger partial charge in [-0.05, 0) is 61.7 Å². The van der Waals surface area contributed by atoms with Gasteiger partial charge in [0.05, 0.1) is 13.1 Å². The molecule has 0 fully saturated rings. The Labute approximate surface area is 196 Å². The van der Waals surface area contributed by atoms with E-state index in [1.807, 2.05) is 60.4 Å². The maximum Gasteiger partial charge on any atom is 0.237 e. The second-order valence-corrected chi connectivity index (χ2v) is 8.69. The molecule has 5 heteroatoms. The van der Waals surface area contributed by atoms with Gasteiger partial charge < -0.3 is 9.32 Å². The van der Waals surface area contributed by atoms with Gasteiger partial charge in [0, 0.05) is 18.1 Å². The van der Waals surface area contributed by atoms with E-state index >= 15 is 0 Å². The number of hydrogen-bond acceptors (Lipinski definition) is 3. The van der Waals surface area contributed by atoms with Crippen molar-refractivity contribution in [2.24, 2.45) is 0 Å². The van der Waals surface area contributed by atoms with Crippen LogP contribution < -0.4 is 0 Å². The Morgan fingerprint density at radius 3 is 2.41 bits per heavy atom. The van der Waals surface area contributed by atoms with Crippen LogP contribution in [0, 0.1) is 6.92 Å². The van der Waals surface area contributed by atoms with Gasteiger partial charge in [-0.2, -0.15) is 0 Å².